The van der Waals surface area contributed by atoms with Gasteiger partial charge in [0.1, 0.15) is 5.69 Å². The third-order valence-electron chi connectivity index (χ3n) is 1.31. The van der Waals surface area contributed by atoms with Crippen LogP contribution in [0.2, 0.25) is 0 Å². The van der Waals surface area contributed by atoms with Gasteiger partial charge in [0.15, 0.2) is 6.29 Å². The van der Waals surface area contributed by atoms with Crippen LogP contribution in [0.1, 0.15) is 20.8 Å². The number of hydrogen-bond acceptors (Lipinski definition) is 4. The summed E-state index contributed by atoms with van der Waals surface area (Å²) < 4.78 is 0. The number of carbonyl (C=O) groups excluding carboxylic acids is 1. The van der Waals surface area contributed by atoms with Crippen LogP contribution in [-0.2, 0) is 0 Å². The van der Waals surface area contributed by atoms with E-state index in [0.717, 1.165) is 12.3 Å². The molecule has 0 atom stereocenters. The zero-order valence-corrected chi connectivity index (χ0v) is 6.02. The molecule has 0 aliphatic heterocycles. The molecule has 0 aromatic carbocycles. The third-order valence-corrected chi connectivity index (χ3v) is 1.31. The molecule has 0 amide bonds. The first-order valence-electron chi connectivity index (χ1n) is 3.09. The lowest BCUT2D eigenvalue weighted by Crippen LogP contribution is -2.03. The summed E-state index contributed by atoms with van der Waals surface area (Å²) in [7, 11) is 0. The van der Waals surface area contributed by atoms with E-state index in [1.165, 1.54) is 0 Å². The minimum Gasteiger partial charge on any atom is -0.477 e. The van der Waals surface area contributed by atoms with Gasteiger partial charge in [-0.2, -0.15) is 0 Å². The molecule has 0 aliphatic rings. The van der Waals surface area contributed by atoms with Gasteiger partial charge in [-0.15, -0.1) is 0 Å². The second-order valence-electron chi connectivity index (χ2n) is 2.12. The number of nitrogen functional groups attached to an aromatic ring is 1. The number of nitrogens with two attached hydrogens (primary N) is 1. The summed E-state index contributed by atoms with van der Waals surface area (Å²) in [5.41, 5.74) is 5.44. The van der Waals surface area contributed by atoms with Crippen molar-refractivity contribution in [3.63, 3.8) is 0 Å². The molecule has 0 saturated carbocycles. The number of aromatic nitrogens is 1. The summed E-state index contributed by atoms with van der Waals surface area (Å²) in [6.45, 7) is 0. The Bertz CT molecular complexity index is 335. The Kier molecular flexibility index (Phi) is 2.05. The molecule has 1 heterocycles. The molecule has 1 rings (SSSR count). The zero-order chi connectivity index (χ0) is 9.14. The Morgan fingerprint density at radius 3 is 2.83 bits per heavy atom. The number of aldehydes is 1. The number of hydrogen-bond donors (Lipinski definition) is 2. The maximum Gasteiger partial charge on any atom is 0.354 e. The predicted octanol–water partition coefficient (Wildman–Crippen LogP) is 0.175. The van der Waals surface area contributed by atoms with Crippen molar-refractivity contribution >= 4 is 17.9 Å². The highest BCUT2D eigenvalue weighted by Crippen LogP contribution is 2.08. The summed E-state index contributed by atoms with van der Waals surface area (Å²) in [6.07, 6.45) is 1.64. The minimum absolute atomic E-state index is 0.141. The van der Waals surface area contributed by atoms with Crippen LogP contribution in [0, 0.1) is 0 Å². The van der Waals surface area contributed by atoms with E-state index >= 15 is 0 Å². The molecule has 62 valence electrons. The fourth-order valence-corrected chi connectivity index (χ4v) is 0.701. The Hall–Kier alpha value is -1.91. The number of carboxylic acids is 1. The fourth-order valence-electron chi connectivity index (χ4n) is 0.701. The van der Waals surface area contributed by atoms with Gasteiger partial charge in [0, 0.05) is 5.56 Å². The highest BCUT2D eigenvalue weighted by Gasteiger charge is 2.06. The number of rotatable bonds is 2. The van der Waals surface area contributed by atoms with Crippen LogP contribution in [0.15, 0.2) is 12.3 Å². The quantitative estimate of drug-likeness (QED) is 0.611. The van der Waals surface area contributed by atoms with Gasteiger partial charge in [-0.1, -0.05) is 0 Å². The van der Waals surface area contributed by atoms with Crippen molar-refractivity contribution in [3.8, 4) is 0 Å². The Balaban J connectivity index is 3.22. The standard InChI is InChI=1S/C7H6N2O3/c8-5-2-9-6(7(11)12)1-4(5)3-10/h1-3H,8H2,(H,11,12). The highest BCUT2D eigenvalue weighted by molar-refractivity contribution is 5.90. The van der Waals surface area contributed by atoms with Gasteiger partial charge >= 0.3 is 5.97 Å². The maximum absolute atomic E-state index is 10.4. The van der Waals surface area contributed by atoms with Crippen molar-refractivity contribution in [3.05, 3.63) is 23.5 Å². The van der Waals surface area contributed by atoms with Gasteiger partial charge in [0.2, 0.25) is 0 Å². The molecule has 1 aromatic heterocycles. The van der Waals surface area contributed by atoms with Crippen molar-refractivity contribution < 1.29 is 14.7 Å². The molecule has 0 saturated heterocycles. The zero-order valence-electron chi connectivity index (χ0n) is 6.02. The summed E-state index contributed by atoms with van der Waals surface area (Å²) in [5.74, 6) is -1.18. The lowest BCUT2D eigenvalue weighted by atomic mass is 10.2. The van der Waals surface area contributed by atoms with Crippen molar-refractivity contribution in [1.82, 2.24) is 4.98 Å². The second kappa shape index (κ2) is 3.00. The summed E-state index contributed by atoms with van der Waals surface area (Å²) >= 11 is 0. The molecule has 5 nitrogen and oxygen atoms in total. The van der Waals surface area contributed by atoms with Crippen LogP contribution in [0.4, 0.5) is 5.69 Å². The van der Waals surface area contributed by atoms with Gasteiger partial charge in [-0.25, -0.2) is 9.78 Å². The third kappa shape index (κ3) is 1.39. The molecule has 0 radical (unpaired) electrons. The van der Waals surface area contributed by atoms with Crippen molar-refractivity contribution in [1.29, 1.82) is 0 Å². The largest absolute Gasteiger partial charge is 0.477 e. The first kappa shape index (κ1) is 8.19. The first-order chi connectivity index (χ1) is 5.65. The minimum atomic E-state index is -1.18. The second-order valence-corrected chi connectivity index (χ2v) is 2.12. The first-order valence-corrected chi connectivity index (χ1v) is 3.09. The number of anilines is 1. The Morgan fingerprint density at radius 2 is 2.33 bits per heavy atom. The van der Waals surface area contributed by atoms with Gasteiger partial charge < -0.3 is 10.8 Å². The molecule has 0 fully saturated rings. The van der Waals surface area contributed by atoms with E-state index in [1.54, 1.807) is 0 Å². The Morgan fingerprint density at radius 1 is 1.67 bits per heavy atom. The number of pyridine rings is 1. The number of carbonyl (C=O) groups is 2. The smallest absolute Gasteiger partial charge is 0.354 e. The molecule has 0 unspecified atom stereocenters. The van der Waals surface area contributed by atoms with Gasteiger partial charge in [-0.3, -0.25) is 4.79 Å². The SMILES string of the molecule is Nc1cnc(C(=O)O)cc1C=O. The fraction of sp³-hybridized carbons (Fsp3) is 0. The van der Waals surface area contributed by atoms with E-state index in [-0.39, 0.29) is 16.9 Å². The summed E-state index contributed by atoms with van der Waals surface area (Å²) in [5, 5.41) is 8.48. The lowest BCUT2D eigenvalue weighted by molar-refractivity contribution is 0.0690. The molecule has 0 bridgehead atoms. The van der Waals surface area contributed by atoms with E-state index in [9.17, 15) is 9.59 Å². The number of carboxylic acid groups (broad SMARTS) is 1. The van der Waals surface area contributed by atoms with Crippen LogP contribution < -0.4 is 5.73 Å². The molecule has 12 heavy (non-hydrogen) atoms. The normalized spacial score (nSPS) is 9.33. The maximum atomic E-state index is 10.4. The van der Waals surface area contributed by atoms with Gasteiger partial charge in [0.05, 0.1) is 11.9 Å². The summed E-state index contributed by atoms with van der Waals surface area (Å²) in [4.78, 5) is 24.2. The predicted molar refractivity (Wildman–Crippen MR) is 41.0 cm³/mol. The monoisotopic (exact) mass is 166 g/mol. The van der Waals surface area contributed by atoms with E-state index in [0.29, 0.717) is 6.29 Å². The van der Waals surface area contributed by atoms with E-state index in [1.807, 2.05) is 0 Å². The van der Waals surface area contributed by atoms with E-state index in [2.05, 4.69) is 4.98 Å². The molecule has 0 spiro atoms. The number of nitrogens with zero attached hydrogens (tertiary/aromatic N) is 1. The summed E-state index contributed by atoms with van der Waals surface area (Å²) in [6, 6.07) is 1.13. The van der Waals surface area contributed by atoms with E-state index < -0.39 is 5.97 Å². The lowest BCUT2D eigenvalue weighted by Gasteiger charge is -1.97. The van der Waals surface area contributed by atoms with Gasteiger partial charge in [-0.05, 0) is 6.07 Å². The van der Waals surface area contributed by atoms with Crippen molar-refractivity contribution in [2.75, 3.05) is 5.73 Å². The van der Waals surface area contributed by atoms with Crippen LogP contribution in [0.5, 0.6) is 0 Å². The Labute approximate surface area is 67.8 Å². The van der Waals surface area contributed by atoms with Crippen molar-refractivity contribution in [2.45, 2.75) is 0 Å². The molecule has 5 heteroatoms. The van der Waals surface area contributed by atoms with E-state index in [4.69, 9.17) is 10.8 Å². The van der Waals surface area contributed by atoms with Crippen LogP contribution in [0.3, 0.4) is 0 Å². The average molecular weight is 166 g/mol. The van der Waals surface area contributed by atoms with Crippen LogP contribution in [0.25, 0.3) is 0 Å². The molecule has 0 aliphatic carbocycles. The van der Waals surface area contributed by atoms with Gasteiger partial charge in [0.25, 0.3) is 0 Å². The van der Waals surface area contributed by atoms with Crippen LogP contribution >= 0.6 is 0 Å². The average Bonchev–Trinajstić information content (AvgIpc) is 2.05. The van der Waals surface area contributed by atoms with Crippen molar-refractivity contribution in [2.24, 2.45) is 0 Å². The highest BCUT2D eigenvalue weighted by atomic mass is 16.4. The molecular weight excluding hydrogens is 160 g/mol. The molecule has 3 N–H and O–H groups in total. The molecule has 1 aromatic rings. The number of aromatic carboxylic acids is 1. The van der Waals surface area contributed by atoms with Crippen LogP contribution in [-0.4, -0.2) is 22.3 Å². The molecular formula is C7H6N2O3. The topological polar surface area (TPSA) is 93.3 Å².